The Morgan fingerprint density at radius 1 is 1.26 bits per heavy atom. The van der Waals surface area contributed by atoms with Crippen LogP contribution in [0.15, 0.2) is 29.1 Å². The quantitative estimate of drug-likeness (QED) is 0.646. The molecule has 6 heteroatoms. The molecule has 1 aromatic carbocycles. The van der Waals surface area contributed by atoms with E-state index in [1.807, 2.05) is 4.57 Å². The third-order valence-electron chi connectivity index (χ3n) is 6.31. The lowest BCUT2D eigenvalue weighted by Gasteiger charge is -2.27. The van der Waals surface area contributed by atoms with Crippen LogP contribution in [0.3, 0.4) is 0 Å². The Morgan fingerprint density at radius 2 is 2.13 bits per heavy atom. The number of methoxy groups -OCH3 is 1. The van der Waals surface area contributed by atoms with Crippen LogP contribution in [0.1, 0.15) is 37.0 Å². The van der Waals surface area contributed by atoms with Crippen LogP contribution in [-0.2, 0) is 40.0 Å². The monoisotopic (exact) mass is 427 g/mol. The SMILES string of the molecule is CCc1c(OCC2COCCO2)cc(=O)n2c1-c1ccc(CCC(C)OC)cc1CC2. The van der Waals surface area contributed by atoms with E-state index in [4.69, 9.17) is 18.9 Å². The molecule has 0 bridgehead atoms. The zero-order valence-electron chi connectivity index (χ0n) is 18.8. The molecule has 2 aliphatic rings. The summed E-state index contributed by atoms with van der Waals surface area (Å²) in [5.74, 6) is 0.666. The van der Waals surface area contributed by atoms with Crippen LogP contribution in [-0.4, -0.2) is 50.3 Å². The van der Waals surface area contributed by atoms with Crippen LogP contribution < -0.4 is 10.3 Å². The molecule has 1 aromatic heterocycles. The normalized spacial score (nSPS) is 18.9. The van der Waals surface area contributed by atoms with Gasteiger partial charge in [-0.15, -0.1) is 0 Å². The van der Waals surface area contributed by atoms with E-state index in [1.165, 1.54) is 11.1 Å². The first-order valence-electron chi connectivity index (χ1n) is 11.3. The minimum atomic E-state index is -0.0958. The number of hydrogen-bond acceptors (Lipinski definition) is 5. The Balaban J connectivity index is 1.63. The molecule has 168 valence electrons. The first-order chi connectivity index (χ1) is 15.1. The maximum absolute atomic E-state index is 12.9. The second kappa shape index (κ2) is 9.98. The summed E-state index contributed by atoms with van der Waals surface area (Å²) in [5.41, 5.74) is 5.84. The van der Waals surface area contributed by atoms with Crippen molar-refractivity contribution in [2.45, 2.75) is 58.3 Å². The highest BCUT2D eigenvalue weighted by molar-refractivity contribution is 5.71. The lowest BCUT2D eigenvalue weighted by molar-refractivity contribution is -0.101. The molecule has 0 aliphatic carbocycles. The summed E-state index contributed by atoms with van der Waals surface area (Å²) in [5, 5.41) is 0. The van der Waals surface area contributed by atoms with Gasteiger partial charge in [-0.05, 0) is 43.7 Å². The fourth-order valence-electron chi connectivity index (χ4n) is 4.44. The molecule has 1 saturated heterocycles. The number of aromatic nitrogens is 1. The summed E-state index contributed by atoms with van der Waals surface area (Å²) in [6.45, 7) is 7.04. The number of pyridine rings is 1. The van der Waals surface area contributed by atoms with Crippen molar-refractivity contribution in [1.29, 1.82) is 0 Å². The van der Waals surface area contributed by atoms with Crippen molar-refractivity contribution < 1.29 is 18.9 Å². The van der Waals surface area contributed by atoms with Crippen LogP contribution >= 0.6 is 0 Å². The third kappa shape index (κ3) is 4.86. The molecular formula is C25H33NO5. The topological polar surface area (TPSA) is 58.9 Å². The van der Waals surface area contributed by atoms with Gasteiger partial charge in [-0.3, -0.25) is 4.79 Å². The second-order valence-corrected chi connectivity index (χ2v) is 8.38. The molecule has 0 radical (unpaired) electrons. The standard InChI is InChI=1S/C25H33NO5/c1-4-21-23(31-16-20-15-29-11-12-30-20)14-24(27)26-10-9-19-13-18(6-5-17(2)28-3)7-8-22(19)25(21)26/h7-8,13-14,17,20H,4-6,9-12,15-16H2,1-3H3. The number of fused-ring (bicyclic) bond motifs is 3. The highest BCUT2D eigenvalue weighted by atomic mass is 16.6. The van der Waals surface area contributed by atoms with Gasteiger partial charge in [0.05, 0.1) is 31.6 Å². The molecule has 2 aromatic rings. The second-order valence-electron chi connectivity index (χ2n) is 8.38. The van der Waals surface area contributed by atoms with Crippen molar-refractivity contribution in [3.63, 3.8) is 0 Å². The summed E-state index contributed by atoms with van der Waals surface area (Å²) < 4.78 is 24.5. The van der Waals surface area contributed by atoms with Gasteiger partial charge in [0.1, 0.15) is 18.5 Å². The predicted octanol–water partition coefficient (Wildman–Crippen LogP) is 3.40. The molecule has 3 heterocycles. The van der Waals surface area contributed by atoms with Gasteiger partial charge in [-0.25, -0.2) is 0 Å². The first-order valence-corrected chi connectivity index (χ1v) is 11.3. The predicted molar refractivity (Wildman–Crippen MR) is 120 cm³/mol. The number of ether oxygens (including phenoxy) is 4. The molecule has 1 fully saturated rings. The van der Waals surface area contributed by atoms with Gasteiger partial charge >= 0.3 is 0 Å². The summed E-state index contributed by atoms with van der Waals surface area (Å²) >= 11 is 0. The van der Waals surface area contributed by atoms with Crippen LogP contribution in [0.25, 0.3) is 11.3 Å². The number of rotatable bonds is 8. The summed E-state index contributed by atoms with van der Waals surface area (Å²) in [4.78, 5) is 12.9. The van der Waals surface area contributed by atoms with Crippen molar-refractivity contribution >= 4 is 0 Å². The van der Waals surface area contributed by atoms with Crippen molar-refractivity contribution in [2.24, 2.45) is 0 Å². The van der Waals surface area contributed by atoms with Crippen molar-refractivity contribution in [1.82, 2.24) is 4.57 Å². The van der Waals surface area contributed by atoms with E-state index in [2.05, 4.69) is 32.0 Å². The largest absolute Gasteiger partial charge is 0.490 e. The van der Waals surface area contributed by atoms with E-state index in [0.717, 1.165) is 42.5 Å². The van der Waals surface area contributed by atoms with Gasteiger partial charge in [0.15, 0.2) is 0 Å². The van der Waals surface area contributed by atoms with E-state index in [1.54, 1.807) is 13.2 Å². The fourth-order valence-corrected chi connectivity index (χ4v) is 4.44. The van der Waals surface area contributed by atoms with E-state index in [0.29, 0.717) is 38.7 Å². The number of nitrogens with zero attached hydrogens (tertiary/aromatic N) is 1. The van der Waals surface area contributed by atoms with Gasteiger partial charge in [0.25, 0.3) is 5.56 Å². The summed E-state index contributed by atoms with van der Waals surface area (Å²) in [6, 6.07) is 8.29. The Kier molecular flexibility index (Phi) is 7.10. The molecular weight excluding hydrogens is 394 g/mol. The summed E-state index contributed by atoms with van der Waals surface area (Å²) in [7, 11) is 1.76. The smallest absolute Gasteiger partial charge is 0.254 e. The molecule has 2 unspecified atom stereocenters. The molecule has 31 heavy (non-hydrogen) atoms. The zero-order valence-corrected chi connectivity index (χ0v) is 18.8. The van der Waals surface area contributed by atoms with Crippen LogP contribution in [0, 0.1) is 0 Å². The van der Waals surface area contributed by atoms with Gasteiger partial charge in [-0.1, -0.05) is 25.1 Å². The van der Waals surface area contributed by atoms with Gasteiger partial charge < -0.3 is 23.5 Å². The number of hydrogen-bond donors (Lipinski definition) is 0. The number of aryl methyl sites for hydroxylation is 2. The van der Waals surface area contributed by atoms with Crippen LogP contribution in [0.4, 0.5) is 0 Å². The maximum Gasteiger partial charge on any atom is 0.254 e. The maximum atomic E-state index is 12.9. The molecule has 2 atom stereocenters. The van der Waals surface area contributed by atoms with Gasteiger partial charge in [-0.2, -0.15) is 0 Å². The van der Waals surface area contributed by atoms with E-state index in [-0.39, 0.29) is 17.8 Å². The van der Waals surface area contributed by atoms with Crippen molar-refractivity contribution in [3.05, 3.63) is 51.3 Å². The highest BCUT2D eigenvalue weighted by Gasteiger charge is 2.24. The van der Waals surface area contributed by atoms with Crippen LogP contribution in [0.2, 0.25) is 0 Å². The highest BCUT2D eigenvalue weighted by Crippen LogP contribution is 2.36. The minimum Gasteiger partial charge on any atom is -0.490 e. The third-order valence-corrected chi connectivity index (χ3v) is 6.31. The Labute approximate surface area is 184 Å². The van der Waals surface area contributed by atoms with Gasteiger partial charge in [0, 0.05) is 30.8 Å². The molecule has 0 saturated carbocycles. The average molecular weight is 428 g/mol. The lowest BCUT2D eigenvalue weighted by Crippen LogP contribution is -2.34. The molecule has 4 rings (SSSR count). The average Bonchev–Trinajstić information content (AvgIpc) is 2.81. The Morgan fingerprint density at radius 3 is 2.87 bits per heavy atom. The minimum absolute atomic E-state index is 0.00772. The molecule has 2 aliphatic heterocycles. The number of benzene rings is 1. The van der Waals surface area contributed by atoms with Crippen molar-refractivity contribution in [3.8, 4) is 17.0 Å². The van der Waals surface area contributed by atoms with Gasteiger partial charge in [0.2, 0.25) is 0 Å². The zero-order chi connectivity index (χ0) is 21.8. The Bertz CT molecular complexity index is 961. The van der Waals surface area contributed by atoms with Crippen LogP contribution in [0.5, 0.6) is 5.75 Å². The molecule has 6 nitrogen and oxygen atoms in total. The fraction of sp³-hybridized carbons (Fsp3) is 0.560. The van der Waals surface area contributed by atoms with E-state index >= 15 is 0 Å². The molecule has 0 amide bonds. The lowest BCUT2D eigenvalue weighted by atomic mass is 9.90. The van der Waals surface area contributed by atoms with E-state index < -0.39 is 0 Å². The summed E-state index contributed by atoms with van der Waals surface area (Å²) in [6.07, 6.45) is 3.80. The molecule has 0 spiro atoms. The Hall–Kier alpha value is -2.15. The first kappa shape index (κ1) is 22.1. The molecule has 0 N–H and O–H groups in total. The van der Waals surface area contributed by atoms with E-state index in [9.17, 15) is 4.79 Å². The van der Waals surface area contributed by atoms with Crippen molar-refractivity contribution in [2.75, 3.05) is 33.5 Å².